The number of urea groups is 1. The van der Waals surface area contributed by atoms with Crippen molar-refractivity contribution in [3.8, 4) is 0 Å². The van der Waals surface area contributed by atoms with Crippen molar-refractivity contribution >= 4 is 35.0 Å². The summed E-state index contributed by atoms with van der Waals surface area (Å²) in [6.07, 6.45) is 0.210. The molecular weight excluding hydrogens is 542 g/mol. The maximum atomic E-state index is 12.4. The van der Waals surface area contributed by atoms with Crippen molar-refractivity contribution in [2.24, 2.45) is 0 Å². The molecular formula is C29H43N7O6. The third-order valence-electron chi connectivity index (χ3n) is 7.21. The molecule has 4 unspecified atom stereocenters. The fraction of sp³-hybridized carbons (Fsp3) is 0.517. The number of nitrogens with zero attached hydrogens (tertiary/aromatic N) is 4. The molecule has 13 heteroatoms. The average Bonchev–Trinajstić information content (AvgIpc) is 3.47. The molecule has 13 nitrogen and oxygen atoms in total. The Balaban J connectivity index is 0.00000155. The van der Waals surface area contributed by atoms with E-state index in [0.717, 1.165) is 5.69 Å². The summed E-state index contributed by atoms with van der Waals surface area (Å²) in [6.45, 7) is 11.9. The highest BCUT2D eigenvalue weighted by Gasteiger charge is 2.44. The van der Waals surface area contributed by atoms with Crippen LogP contribution in [0.2, 0.25) is 0 Å². The lowest BCUT2D eigenvalue weighted by atomic mass is 9.87. The fourth-order valence-electron chi connectivity index (χ4n) is 4.81. The van der Waals surface area contributed by atoms with Gasteiger partial charge in [-0.15, -0.1) is 0 Å². The standard InChI is InChI=1S/C28H41N7O4.CH2O2/c1-17(2)34(13-6-12-30-27(38)33-19-9-7-18(8-10-19)28(3,4)5)15-21-22(36)23(37)26(39-21)35-14-11-20-24(29)31-16-32-25(20)35;2-1-3/h7-11,14,16-17,21-23,26,36-37H,6,12-13,15H2,1-5H3,(H2,29,31,32)(H2,30,33,38);1H,(H,2,3). The molecule has 0 bridgehead atoms. The Morgan fingerprint density at radius 3 is 2.45 bits per heavy atom. The number of hydrogen-bond acceptors (Lipinski definition) is 9. The molecule has 4 rings (SSSR count). The molecule has 230 valence electrons. The van der Waals surface area contributed by atoms with Gasteiger partial charge in [-0.3, -0.25) is 9.69 Å². The van der Waals surface area contributed by atoms with E-state index in [1.807, 2.05) is 24.3 Å². The number of amides is 2. The predicted molar refractivity (Wildman–Crippen MR) is 160 cm³/mol. The van der Waals surface area contributed by atoms with Gasteiger partial charge in [0.05, 0.1) is 5.39 Å². The number of fused-ring (bicyclic) bond motifs is 1. The zero-order valence-corrected chi connectivity index (χ0v) is 24.8. The van der Waals surface area contributed by atoms with E-state index in [1.54, 1.807) is 16.8 Å². The zero-order chi connectivity index (χ0) is 31.0. The summed E-state index contributed by atoms with van der Waals surface area (Å²) in [5.74, 6) is 0.343. The molecule has 3 aromatic rings. The summed E-state index contributed by atoms with van der Waals surface area (Å²) < 4.78 is 7.82. The summed E-state index contributed by atoms with van der Waals surface area (Å²) in [7, 11) is 0. The van der Waals surface area contributed by atoms with Crippen molar-refractivity contribution in [2.75, 3.05) is 30.7 Å². The number of anilines is 2. The minimum atomic E-state index is -1.13. The highest BCUT2D eigenvalue weighted by atomic mass is 16.6. The molecule has 4 atom stereocenters. The van der Waals surface area contributed by atoms with Gasteiger partial charge in [-0.05, 0) is 49.4 Å². The summed E-state index contributed by atoms with van der Waals surface area (Å²) >= 11 is 0. The van der Waals surface area contributed by atoms with Gasteiger partial charge in [0, 0.05) is 37.6 Å². The predicted octanol–water partition coefficient (Wildman–Crippen LogP) is 2.55. The topological polar surface area (TPSA) is 188 Å². The molecule has 0 spiro atoms. The van der Waals surface area contributed by atoms with Crippen LogP contribution in [-0.2, 0) is 14.9 Å². The van der Waals surface area contributed by atoms with Crippen molar-refractivity contribution in [1.82, 2.24) is 24.8 Å². The van der Waals surface area contributed by atoms with Crippen LogP contribution in [0.5, 0.6) is 0 Å². The highest BCUT2D eigenvalue weighted by Crippen LogP contribution is 2.33. The molecule has 2 amide bonds. The number of hydrogen-bond donors (Lipinski definition) is 6. The molecule has 1 aliphatic heterocycles. The molecule has 1 fully saturated rings. The lowest BCUT2D eigenvalue weighted by Crippen LogP contribution is -2.44. The second-order valence-corrected chi connectivity index (χ2v) is 11.5. The fourth-order valence-corrected chi connectivity index (χ4v) is 4.81. The van der Waals surface area contributed by atoms with Gasteiger partial charge >= 0.3 is 6.03 Å². The number of rotatable bonds is 9. The van der Waals surface area contributed by atoms with Crippen molar-refractivity contribution in [3.05, 3.63) is 48.4 Å². The van der Waals surface area contributed by atoms with E-state index >= 15 is 0 Å². The van der Waals surface area contributed by atoms with Crippen LogP contribution in [0, 0.1) is 0 Å². The number of aromatic nitrogens is 3. The molecule has 0 aliphatic carbocycles. The number of carboxylic acid groups (broad SMARTS) is 1. The van der Waals surface area contributed by atoms with Gasteiger partial charge in [0.25, 0.3) is 6.47 Å². The van der Waals surface area contributed by atoms with E-state index in [-0.39, 0.29) is 24.0 Å². The number of carbonyl (C=O) groups excluding carboxylic acids is 1. The third kappa shape index (κ3) is 8.16. The second-order valence-electron chi connectivity index (χ2n) is 11.5. The first-order chi connectivity index (χ1) is 19.9. The van der Waals surface area contributed by atoms with Crippen LogP contribution in [0.25, 0.3) is 11.0 Å². The molecule has 0 radical (unpaired) electrons. The number of aliphatic hydroxyl groups is 2. The Bertz CT molecular complexity index is 1310. The van der Waals surface area contributed by atoms with Gasteiger partial charge in [-0.2, -0.15) is 0 Å². The second kappa shape index (κ2) is 14.4. The SMILES string of the molecule is CC(C)N(CCCNC(=O)Nc1ccc(C(C)(C)C)cc1)CC1OC(n2ccc3c(N)ncnc32)C(O)C1O.O=CO. The van der Waals surface area contributed by atoms with Crippen molar-refractivity contribution in [2.45, 2.75) is 77.0 Å². The summed E-state index contributed by atoms with van der Waals surface area (Å²) in [5, 5.41) is 34.9. The number of benzene rings is 1. The smallest absolute Gasteiger partial charge is 0.319 e. The Kier molecular flexibility index (Phi) is 11.2. The minimum Gasteiger partial charge on any atom is -0.483 e. The molecule has 1 aromatic carbocycles. The van der Waals surface area contributed by atoms with Crippen LogP contribution >= 0.6 is 0 Å². The first-order valence-electron chi connectivity index (χ1n) is 13.9. The lowest BCUT2D eigenvalue weighted by molar-refractivity contribution is -0.122. The number of carbonyl (C=O) groups is 2. The van der Waals surface area contributed by atoms with Crippen molar-refractivity contribution in [1.29, 1.82) is 0 Å². The van der Waals surface area contributed by atoms with Crippen LogP contribution < -0.4 is 16.4 Å². The van der Waals surface area contributed by atoms with Gasteiger partial charge in [-0.1, -0.05) is 32.9 Å². The zero-order valence-electron chi connectivity index (χ0n) is 24.8. The highest BCUT2D eigenvalue weighted by molar-refractivity contribution is 5.89. The molecule has 0 saturated carbocycles. The van der Waals surface area contributed by atoms with Gasteiger partial charge in [0.2, 0.25) is 0 Å². The van der Waals surface area contributed by atoms with Crippen molar-refractivity contribution < 1.29 is 29.6 Å². The van der Waals surface area contributed by atoms with E-state index in [4.69, 9.17) is 20.4 Å². The van der Waals surface area contributed by atoms with Crippen LogP contribution in [-0.4, -0.2) is 91.2 Å². The molecule has 2 aromatic heterocycles. The quantitative estimate of drug-likeness (QED) is 0.161. The molecule has 7 N–H and O–H groups in total. The van der Waals surface area contributed by atoms with E-state index in [2.05, 4.69) is 60.1 Å². The maximum absolute atomic E-state index is 12.4. The Labute approximate surface area is 245 Å². The van der Waals surface area contributed by atoms with Gasteiger partial charge < -0.3 is 41.0 Å². The molecule has 1 aliphatic rings. The molecule has 3 heterocycles. The number of aliphatic hydroxyl groups excluding tert-OH is 2. The first-order valence-corrected chi connectivity index (χ1v) is 13.9. The van der Waals surface area contributed by atoms with Crippen LogP contribution in [0.3, 0.4) is 0 Å². The lowest BCUT2D eigenvalue weighted by Gasteiger charge is -2.30. The van der Waals surface area contributed by atoms with Gasteiger partial charge in [0.15, 0.2) is 6.23 Å². The Morgan fingerprint density at radius 2 is 1.83 bits per heavy atom. The van der Waals surface area contributed by atoms with E-state index in [9.17, 15) is 15.0 Å². The van der Waals surface area contributed by atoms with E-state index in [1.165, 1.54) is 11.9 Å². The Hall–Kier alpha value is -3.78. The largest absolute Gasteiger partial charge is 0.483 e. The number of nitrogens with two attached hydrogens (primary N) is 1. The van der Waals surface area contributed by atoms with Crippen LogP contribution in [0.1, 0.15) is 52.8 Å². The van der Waals surface area contributed by atoms with Crippen LogP contribution in [0.15, 0.2) is 42.9 Å². The summed E-state index contributed by atoms with van der Waals surface area (Å²) in [5.41, 5.74) is 8.48. The summed E-state index contributed by atoms with van der Waals surface area (Å²) in [6, 6.07) is 9.57. The van der Waals surface area contributed by atoms with E-state index in [0.29, 0.717) is 42.9 Å². The van der Waals surface area contributed by atoms with Gasteiger partial charge in [0.1, 0.15) is 36.1 Å². The normalized spacial score (nSPS) is 20.4. The molecule has 1 saturated heterocycles. The van der Waals surface area contributed by atoms with E-state index < -0.39 is 24.5 Å². The number of nitrogen functional groups attached to an aromatic ring is 1. The van der Waals surface area contributed by atoms with Gasteiger partial charge in [-0.25, -0.2) is 14.8 Å². The minimum absolute atomic E-state index is 0.0573. The summed E-state index contributed by atoms with van der Waals surface area (Å²) in [4.78, 5) is 31.2. The number of nitrogens with one attached hydrogen (secondary N) is 2. The average molecular weight is 586 g/mol. The monoisotopic (exact) mass is 585 g/mol. The van der Waals surface area contributed by atoms with Crippen LogP contribution in [0.4, 0.5) is 16.3 Å². The first kappa shape index (κ1) is 32.7. The molecule has 42 heavy (non-hydrogen) atoms. The number of ether oxygens (including phenoxy) is 1. The van der Waals surface area contributed by atoms with Crippen molar-refractivity contribution in [3.63, 3.8) is 0 Å². The third-order valence-corrected chi connectivity index (χ3v) is 7.21. The Morgan fingerprint density at radius 1 is 1.17 bits per heavy atom. The maximum Gasteiger partial charge on any atom is 0.319 e.